The number of anilines is 1. The van der Waals surface area contributed by atoms with Gasteiger partial charge in [-0.25, -0.2) is 18.0 Å². The van der Waals surface area contributed by atoms with Crippen LogP contribution in [-0.4, -0.2) is 34.5 Å². The quantitative estimate of drug-likeness (QED) is 0.587. The summed E-state index contributed by atoms with van der Waals surface area (Å²) in [4.78, 5) is 25.3. The molecule has 162 valence electrons. The molecule has 1 aromatic heterocycles. The summed E-state index contributed by atoms with van der Waals surface area (Å²) in [6.07, 6.45) is -0.886. The first-order chi connectivity index (χ1) is 14.6. The maximum atomic E-state index is 15.0. The van der Waals surface area contributed by atoms with Gasteiger partial charge in [0.2, 0.25) is 5.43 Å². The van der Waals surface area contributed by atoms with Crippen LogP contribution in [-0.2, 0) is 0 Å². The van der Waals surface area contributed by atoms with Crippen molar-refractivity contribution in [1.82, 2.24) is 4.57 Å². The summed E-state index contributed by atoms with van der Waals surface area (Å²) in [7, 11) is 0. The summed E-state index contributed by atoms with van der Waals surface area (Å²) < 4.78 is 48.5. The standard InChI is InChI=1S/C20H15ClF3N3O4/c1-8-13(25)6-26(8)18-12(24)5-10-17(16(18)21)27(7-15(19(10)28)31-20(29)30)14-3-2-9(22)4-11(14)23/h2-5,7-8,13H,6,25H2,1H3,(H,29,30)/t8-,13+/m1/s1. The molecule has 11 heteroatoms. The average Bonchev–Trinajstić information content (AvgIpc) is 2.69. The van der Waals surface area contributed by atoms with Crippen LogP contribution >= 0.6 is 11.6 Å². The van der Waals surface area contributed by atoms with Gasteiger partial charge in [0.05, 0.1) is 33.5 Å². The van der Waals surface area contributed by atoms with Crippen LogP contribution in [0.2, 0.25) is 5.02 Å². The van der Waals surface area contributed by atoms with Gasteiger partial charge < -0.3 is 25.0 Å². The minimum Gasteiger partial charge on any atom is -0.449 e. The van der Waals surface area contributed by atoms with Crippen molar-refractivity contribution in [2.75, 3.05) is 11.4 Å². The first-order valence-corrected chi connectivity index (χ1v) is 9.43. The van der Waals surface area contributed by atoms with Crippen molar-refractivity contribution in [3.05, 3.63) is 63.2 Å². The van der Waals surface area contributed by atoms with Crippen molar-refractivity contribution >= 4 is 34.3 Å². The third-order valence-electron chi connectivity index (χ3n) is 5.30. The van der Waals surface area contributed by atoms with Gasteiger partial charge in [0.1, 0.15) is 17.5 Å². The van der Waals surface area contributed by atoms with E-state index in [1.54, 1.807) is 11.8 Å². The first kappa shape index (κ1) is 21.0. The summed E-state index contributed by atoms with van der Waals surface area (Å²) in [6, 6.07) is 3.06. The van der Waals surface area contributed by atoms with Crippen molar-refractivity contribution in [3.63, 3.8) is 0 Å². The molecule has 7 nitrogen and oxygen atoms in total. The highest BCUT2D eigenvalue weighted by Crippen LogP contribution is 2.40. The van der Waals surface area contributed by atoms with E-state index in [1.165, 1.54) is 0 Å². The Balaban J connectivity index is 2.09. The Bertz CT molecular complexity index is 1300. The number of hydrogen-bond acceptors (Lipinski definition) is 5. The van der Waals surface area contributed by atoms with Gasteiger partial charge in [0.15, 0.2) is 5.75 Å². The normalized spacial score (nSPS) is 18.2. The van der Waals surface area contributed by atoms with E-state index in [9.17, 15) is 22.8 Å². The predicted octanol–water partition coefficient (Wildman–Crippen LogP) is 3.65. The van der Waals surface area contributed by atoms with E-state index in [0.717, 1.165) is 29.0 Å². The van der Waals surface area contributed by atoms with E-state index < -0.39 is 34.8 Å². The third-order valence-corrected chi connectivity index (χ3v) is 5.65. The Kier molecular flexibility index (Phi) is 5.06. The molecule has 3 N–H and O–H groups in total. The van der Waals surface area contributed by atoms with E-state index in [1.807, 2.05) is 0 Å². The lowest BCUT2D eigenvalue weighted by molar-refractivity contribution is 0.144. The number of nitrogens with two attached hydrogens (primary N) is 1. The highest BCUT2D eigenvalue weighted by molar-refractivity contribution is 6.38. The monoisotopic (exact) mass is 453 g/mol. The van der Waals surface area contributed by atoms with Gasteiger partial charge in [-0.2, -0.15) is 0 Å². The van der Waals surface area contributed by atoms with Crippen molar-refractivity contribution in [1.29, 1.82) is 0 Å². The van der Waals surface area contributed by atoms with Crippen LogP contribution < -0.4 is 20.8 Å². The lowest BCUT2D eigenvalue weighted by Gasteiger charge is -2.46. The van der Waals surface area contributed by atoms with Gasteiger partial charge >= 0.3 is 6.16 Å². The maximum absolute atomic E-state index is 15.0. The molecule has 3 aromatic rings. The van der Waals surface area contributed by atoms with Crippen molar-refractivity contribution in [2.45, 2.75) is 19.0 Å². The van der Waals surface area contributed by atoms with Crippen LogP contribution in [0, 0.1) is 17.5 Å². The fraction of sp³-hybridized carbons (Fsp3) is 0.200. The molecule has 1 aliphatic rings. The number of ether oxygens (including phenoxy) is 1. The van der Waals surface area contributed by atoms with Gasteiger partial charge in [-0.05, 0) is 25.1 Å². The zero-order valence-electron chi connectivity index (χ0n) is 15.9. The Morgan fingerprint density at radius 3 is 2.55 bits per heavy atom. The highest BCUT2D eigenvalue weighted by Gasteiger charge is 2.36. The zero-order valence-corrected chi connectivity index (χ0v) is 16.7. The second-order valence-corrected chi connectivity index (χ2v) is 7.51. The number of fused-ring (bicyclic) bond motifs is 1. The highest BCUT2D eigenvalue weighted by atomic mass is 35.5. The minimum atomic E-state index is -1.80. The molecule has 4 rings (SSSR count). The summed E-state index contributed by atoms with van der Waals surface area (Å²) >= 11 is 6.50. The van der Waals surface area contributed by atoms with Gasteiger partial charge in [-0.15, -0.1) is 0 Å². The average molecular weight is 454 g/mol. The van der Waals surface area contributed by atoms with Crippen LogP contribution in [0.25, 0.3) is 16.6 Å². The van der Waals surface area contributed by atoms with Crippen LogP contribution in [0.15, 0.2) is 35.3 Å². The lowest BCUT2D eigenvalue weighted by atomic mass is 9.97. The smallest absolute Gasteiger partial charge is 0.449 e. The van der Waals surface area contributed by atoms with E-state index in [0.29, 0.717) is 12.6 Å². The topological polar surface area (TPSA) is 97.8 Å². The molecule has 31 heavy (non-hydrogen) atoms. The molecule has 2 aromatic carbocycles. The van der Waals surface area contributed by atoms with E-state index >= 15 is 0 Å². The van der Waals surface area contributed by atoms with Crippen molar-refractivity contribution in [3.8, 4) is 11.4 Å². The Labute approximate surface area is 178 Å². The molecular weight excluding hydrogens is 439 g/mol. The molecule has 1 saturated heterocycles. The lowest BCUT2D eigenvalue weighted by Crippen LogP contribution is -2.63. The van der Waals surface area contributed by atoms with Gasteiger partial charge in [0, 0.05) is 24.7 Å². The largest absolute Gasteiger partial charge is 0.511 e. The van der Waals surface area contributed by atoms with Crippen molar-refractivity contribution in [2.24, 2.45) is 5.73 Å². The number of carboxylic acid groups (broad SMARTS) is 1. The summed E-state index contributed by atoms with van der Waals surface area (Å²) in [6.45, 7) is 2.07. The molecule has 0 aliphatic carbocycles. The van der Waals surface area contributed by atoms with Crippen LogP contribution in [0.1, 0.15) is 6.92 Å². The number of carbonyl (C=O) groups is 1. The van der Waals surface area contributed by atoms with E-state index in [2.05, 4.69) is 4.74 Å². The number of hydrogen-bond donors (Lipinski definition) is 2. The number of pyridine rings is 1. The van der Waals surface area contributed by atoms with E-state index in [-0.39, 0.29) is 39.4 Å². The third kappa shape index (κ3) is 3.37. The number of halogens is 4. The van der Waals surface area contributed by atoms with Gasteiger partial charge in [-0.3, -0.25) is 4.79 Å². The number of benzene rings is 2. The second-order valence-electron chi connectivity index (χ2n) is 7.13. The summed E-state index contributed by atoms with van der Waals surface area (Å²) in [5.41, 5.74) is 4.54. The van der Waals surface area contributed by atoms with Crippen LogP contribution in [0.5, 0.6) is 5.75 Å². The molecule has 2 heterocycles. The molecule has 0 bridgehead atoms. The molecule has 1 fully saturated rings. The van der Waals surface area contributed by atoms with E-state index in [4.69, 9.17) is 22.4 Å². The van der Waals surface area contributed by atoms with Gasteiger partial charge in [0.25, 0.3) is 0 Å². The van der Waals surface area contributed by atoms with Crippen LogP contribution in [0.4, 0.5) is 23.7 Å². The molecule has 0 spiro atoms. The second kappa shape index (κ2) is 7.47. The number of aromatic nitrogens is 1. The minimum absolute atomic E-state index is 0.0362. The fourth-order valence-electron chi connectivity index (χ4n) is 3.61. The van der Waals surface area contributed by atoms with Gasteiger partial charge in [-0.1, -0.05) is 11.6 Å². The molecule has 0 radical (unpaired) electrons. The Hall–Kier alpha value is -3.24. The molecule has 0 amide bonds. The fourth-order valence-corrected chi connectivity index (χ4v) is 4.00. The number of nitrogens with zero attached hydrogens (tertiary/aromatic N) is 2. The Morgan fingerprint density at radius 1 is 1.26 bits per heavy atom. The number of rotatable bonds is 3. The molecular formula is C20H15ClF3N3O4. The van der Waals surface area contributed by atoms with Crippen LogP contribution in [0.3, 0.4) is 0 Å². The maximum Gasteiger partial charge on any atom is 0.511 e. The Morgan fingerprint density at radius 2 is 1.97 bits per heavy atom. The molecule has 0 unspecified atom stereocenters. The summed E-state index contributed by atoms with van der Waals surface area (Å²) in [5.74, 6) is -3.42. The molecule has 1 aliphatic heterocycles. The predicted molar refractivity (Wildman–Crippen MR) is 108 cm³/mol. The SMILES string of the molecule is C[C@@H]1[C@@H](N)CN1c1c(F)cc2c(=O)c(OC(=O)O)cn(-c3ccc(F)cc3F)c2c1Cl. The zero-order chi connectivity index (χ0) is 22.6. The van der Waals surface area contributed by atoms with Crippen molar-refractivity contribution < 1.29 is 27.8 Å². The molecule has 2 atom stereocenters. The first-order valence-electron chi connectivity index (χ1n) is 9.06. The molecule has 0 saturated carbocycles. The summed E-state index contributed by atoms with van der Waals surface area (Å²) in [5, 5.41) is 8.37.